The SMILES string of the molecule is C=c1[nH]/c(=C\c2c[nH]c3ncccc23)c(=O)n1C. The van der Waals surface area contributed by atoms with Crippen molar-refractivity contribution in [3.63, 3.8) is 0 Å². The van der Waals surface area contributed by atoms with E-state index in [0.717, 1.165) is 16.6 Å². The Hall–Kier alpha value is -2.56. The quantitative estimate of drug-likeness (QED) is 0.620. The lowest BCUT2D eigenvalue weighted by atomic mass is 10.2. The van der Waals surface area contributed by atoms with Crippen molar-refractivity contribution in [3.05, 3.63) is 51.3 Å². The summed E-state index contributed by atoms with van der Waals surface area (Å²) < 4.78 is 1.49. The van der Waals surface area contributed by atoms with Crippen molar-refractivity contribution in [3.8, 4) is 0 Å². The number of pyridine rings is 1. The van der Waals surface area contributed by atoms with Gasteiger partial charge in [0.05, 0.1) is 0 Å². The van der Waals surface area contributed by atoms with E-state index in [-0.39, 0.29) is 5.56 Å². The van der Waals surface area contributed by atoms with Gasteiger partial charge in [-0.05, 0) is 18.2 Å². The second-order valence-electron chi connectivity index (χ2n) is 4.14. The van der Waals surface area contributed by atoms with E-state index in [4.69, 9.17) is 0 Å². The Morgan fingerprint density at radius 1 is 1.50 bits per heavy atom. The molecule has 0 unspecified atom stereocenters. The lowest BCUT2D eigenvalue weighted by Gasteiger charge is -1.88. The van der Waals surface area contributed by atoms with Crippen LogP contribution in [0.2, 0.25) is 0 Å². The number of fused-ring (bicyclic) bond motifs is 1. The van der Waals surface area contributed by atoms with Crippen LogP contribution in [0.5, 0.6) is 0 Å². The monoisotopic (exact) mass is 240 g/mol. The number of nitrogens with zero attached hydrogens (tertiary/aromatic N) is 2. The van der Waals surface area contributed by atoms with Gasteiger partial charge in [0.25, 0.3) is 5.56 Å². The maximum atomic E-state index is 11.9. The van der Waals surface area contributed by atoms with Crippen LogP contribution < -0.4 is 16.4 Å². The van der Waals surface area contributed by atoms with E-state index in [0.29, 0.717) is 10.8 Å². The first-order valence-corrected chi connectivity index (χ1v) is 5.54. The van der Waals surface area contributed by atoms with Gasteiger partial charge < -0.3 is 9.97 Å². The molecule has 0 saturated heterocycles. The number of imidazole rings is 1. The summed E-state index contributed by atoms with van der Waals surface area (Å²) in [6, 6.07) is 3.83. The highest BCUT2D eigenvalue weighted by molar-refractivity contribution is 5.85. The summed E-state index contributed by atoms with van der Waals surface area (Å²) >= 11 is 0. The molecule has 90 valence electrons. The average molecular weight is 240 g/mol. The number of hydrogen-bond acceptors (Lipinski definition) is 2. The number of rotatable bonds is 1. The molecule has 0 aliphatic heterocycles. The number of aromatic amines is 2. The topological polar surface area (TPSA) is 66.5 Å². The van der Waals surface area contributed by atoms with Gasteiger partial charge in [-0.15, -0.1) is 0 Å². The Kier molecular flexibility index (Phi) is 2.19. The van der Waals surface area contributed by atoms with Crippen molar-refractivity contribution < 1.29 is 0 Å². The summed E-state index contributed by atoms with van der Waals surface area (Å²) in [5.74, 6) is 0. The largest absolute Gasteiger partial charge is 0.346 e. The van der Waals surface area contributed by atoms with Crippen molar-refractivity contribution >= 4 is 23.7 Å². The van der Waals surface area contributed by atoms with E-state index in [2.05, 4.69) is 21.5 Å². The van der Waals surface area contributed by atoms with E-state index in [1.165, 1.54) is 4.57 Å². The van der Waals surface area contributed by atoms with Crippen LogP contribution in [0.4, 0.5) is 0 Å². The van der Waals surface area contributed by atoms with Gasteiger partial charge in [0, 0.05) is 30.4 Å². The maximum absolute atomic E-state index is 11.9. The van der Waals surface area contributed by atoms with Crippen molar-refractivity contribution in [2.24, 2.45) is 7.05 Å². The third-order valence-corrected chi connectivity index (χ3v) is 3.00. The van der Waals surface area contributed by atoms with E-state index in [1.807, 2.05) is 18.3 Å². The van der Waals surface area contributed by atoms with Gasteiger partial charge in [0.2, 0.25) is 0 Å². The number of aromatic nitrogens is 4. The van der Waals surface area contributed by atoms with Crippen molar-refractivity contribution in [2.45, 2.75) is 0 Å². The molecule has 0 aliphatic rings. The van der Waals surface area contributed by atoms with Gasteiger partial charge in [-0.2, -0.15) is 0 Å². The lowest BCUT2D eigenvalue weighted by Crippen LogP contribution is -2.28. The van der Waals surface area contributed by atoms with Crippen molar-refractivity contribution in [1.29, 1.82) is 0 Å². The molecule has 0 amide bonds. The van der Waals surface area contributed by atoms with E-state index in [1.54, 1.807) is 19.3 Å². The Balaban J connectivity index is 2.31. The first-order valence-electron chi connectivity index (χ1n) is 5.54. The van der Waals surface area contributed by atoms with Gasteiger partial charge in [-0.3, -0.25) is 9.36 Å². The molecule has 3 aromatic rings. The summed E-state index contributed by atoms with van der Waals surface area (Å²) in [6.45, 7) is 3.76. The van der Waals surface area contributed by atoms with Crippen LogP contribution in [0.15, 0.2) is 29.3 Å². The van der Waals surface area contributed by atoms with E-state index in [9.17, 15) is 4.79 Å². The minimum atomic E-state index is -0.0850. The first-order chi connectivity index (χ1) is 8.66. The highest BCUT2D eigenvalue weighted by Crippen LogP contribution is 2.15. The van der Waals surface area contributed by atoms with Gasteiger partial charge in [0.1, 0.15) is 16.5 Å². The van der Waals surface area contributed by atoms with E-state index >= 15 is 0 Å². The standard InChI is InChI=1S/C13H12N4O/c1-8-16-11(13(18)17(8)2)6-9-7-15-12-10(9)4-3-5-14-12/h3-7,16H,1H2,2H3,(H,14,15)/b11-6-. The fourth-order valence-corrected chi connectivity index (χ4v) is 1.95. The zero-order chi connectivity index (χ0) is 12.7. The predicted molar refractivity (Wildman–Crippen MR) is 70.5 cm³/mol. The summed E-state index contributed by atoms with van der Waals surface area (Å²) in [5, 5.41) is 1.51. The minimum absolute atomic E-state index is 0.0850. The molecule has 3 rings (SSSR count). The first kappa shape index (κ1) is 10.6. The van der Waals surface area contributed by atoms with Crippen LogP contribution in [0.1, 0.15) is 5.56 Å². The Bertz CT molecular complexity index is 882. The zero-order valence-corrected chi connectivity index (χ0v) is 9.90. The molecule has 2 N–H and O–H groups in total. The molecule has 3 aromatic heterocycles. The van der Waals surface area contributed by atoms with Gasteiger partial charge in [0.15, 0.2) is 0 Å². The smallest absolute Gasteiger partial charge is 0.275 e. The molecular formula is C13H12N4O. The third kappa shape index (κ3) is 1.48. The van der Waals surface area contributed by atoms with Gasteiger partial charge in [-0.25, -0.2) is 4.98 Å². The summed E-state index contributed by atoms with van der Waals surface area (Å²) in [7, 11) is 1.69. The molecule has 5 heteroatoms. The molecule has 18 heavy (non-hydrogen) atoms. The van der Waals surface area contributed by atoms with Crippen LogP contribution in [0.25, 0.3) is 23.7 Å². The van der Waals surface area contributed by atoms with E-state index < -0.39 is 0 Å². The molecule has 0 aliphatic carbocycles. The molecule has 0 saturated carbocycles. The lowest BCUT2D eigenvalue weighted by molar-refractivity contribution is 0.840. The second-order valence-corrected chi connectivity index (χ2v) is 4.14. The zero-order valence-electron chi connectivity index (χ0n) is 9.90. The Labute approximate surface area is 102 Å². The van der Waals surface area contributed by atoms with Crippen LogP contribution in [0, 0.1) is 0 Å². The molecule has 3 heterocycles. The molecule has 0 spiro atoms. The maximum Gasteiger partial charge on any atom is 0.275 e. The van der Waals surface area contributed by atoms with Crippen LogP contribution in [0.3, 0.4) is 0 Å². The van der Waals surface area contributed by atoms with Gasteiger partial charge in [-0.1, -0.05) is 6.58 Å². The summed E-state index contributed by atoms with van der Waals surface area (Å²) in [4.78, 5) is 22.1. The Morgan fingerprint density at radius 2 is 2.33 bits per heavy atom. The van der Waals surface area contributed by atoms with Gasteiger partial charge >= 0.3 is 0 Å². The molecule has 5 nitrogen and oxygen atoms in total. The number of nitrogens with one attached hydrogen (secondary N) is 2. The van der Waals surface area contributed by atoms with Crippen molar-refractivity contribution in [1.82, 2.24) is 19.5 Å². The molecule has 0 fully saturated rings. The fourth-order valence-electron chi connectivity index (χ4n) is 1.95. The van der Waals surface area contributed by atoms with Crippen LogP contribution >= 0.6 is 0 Å². The third-order valence-electron chi connectivity index (χ3n) is 3.00. The van der Waals surface area contributed by atoms with Crippen LogP contribution in [-0.4, -0.2) is 19.5 Å². The normalized spacial score (nSPS) is 12.4. The minimum Gasteiger partial charge on any atom is -0.346 e. The highest BCUT2D eigenvalue weighted by atomic mass is 16.1. The molecule has 0 bridgehead atoms. The number of hydrogen-bond donors (Lipinski definition) is 2. The summed E-state index contributed by atoms with van der Waals surface area (Å²) in [6.07, 6.45) is 5.36. The Morgan fingerprint density at radius 3 is 3.06 bits per heavy atom. The second kappa shape index (κ2) is 3.73. The number of H-pyrrole nitrogens is 2. The molecule has 0 radical (unpaired) electrons. The fraction of sp³-hybridized carbons (Fsp3) is 0.0769. The average Bonchev–Trinajstić information content (AvgIpc) is 2.89. The summed E-state index contributed by atoms with van der Waals surface area (Å²) in [5.41, 5.74) is 2.24. The van der Waals surface area contributed by atoms with Crippen molar-refractivity contribution in [2.75, 3.05) is 0 Å². The molecule has 0 aromatic carbocycles. The highest BCUT2D eigenvalue weighted by Gasteiger charge is 2.02. The predicted octanol–water partition coefficient (Wildman–Crippen LogP) is -0.171. The molecular weight excluding hydrogens is 228 g/mol. The molecule has 0 atom stereocenters. The van der Waals surface area contributed by atoms with Crippen LogP contribution in [-0.2, 0) is 7.05 Å².